The first-order valence-corrected chi connectivity index (χ1v) is 8.13. The standard InChI is InChI=1S/C15H18ClN3OS/c1-15(2,10-16)14(20)18-7-5-12-9-21-13(19-12)11-4-3-6-17-8-11/h3-4,6,8-9H,5,7,10H2,1-2H3,(H,18,20). The molecule has 112 valence electrons. The Morgan fingerprint density at radius 3 is 2.95 bits per heavy atom. The van der Waals surface area contributed by atoms with Gasteiger partial charge in [-0.15, -0.1) is 22.9 Å². The highest BCUT2D eigenvalue weighted by molar-refractivity contribution is 7.13. The Morgan fingerprint density at radius 1 is 1.48 bits per heavy atom. The van der Waals surface area contributed by atoms with E-state index in [9.17, 15) is 4.79 Å². The normalized spacial score (nSPS) is 11.4. The van der Waals surface area contributed by atoms with Gasteiger partial charge in [0.05, 0.1) is 11.1 Å². The number of nitrogens with one attached hydrogen (secondary N) is 1. The van der Waals surface area contributed by atoms with Gasteiger partial charge in [0.1, 0.15) is 5.01 Å². The number of pyridine rings is 1. The number of rotatable bonds is 6. The smallest absolute Gasteiger partial charge is 0.226 e. The van der Waals surface area contributed by atoms with Crippen LogP contribution in [-0.4, -0.2) is 28.3 Å². The second-order valence-electron chi connectivity index (χ2n) is 5.41. The number of halogens is 1. The minimum absolute atomic E-state index is 0.0276. The molecule has 0 bridgehead atoms. The Bertz CT molecular complexity index is 598. The summed E-state index contributed by atoms with van der Waals surface area (Å²) in [7, 11) is 0. The summed E-state index contributed by atoms with van der Waals surface area (Å²) in [4.78, 5) is 20.5. The number of carbonyl (C=O) groups excluding carboxylic acids is 1. The van der Waals surface area contributed by atoms with Crippen molar-refractivity contribution in [3.63, 3.8) is 0 Å². The fraction of sp³-hybridized carbons (Fsp3) is 0.400. The van der Waals surface area contributed by atoms with Gasteiger partial charge in [0.15, 0.2) is 0 Å². The van der Waals surface area contributed by atoms with Gasteiger partial charge in [-0.05, 0) is 26.0 Å². The predicted molar refractivity (Wildman–Crippen MR) is 86.6 cm³/mol. The van der Waals surface area contributed by atoms with E-state index in [4.69, 9.17) is 11.6 Å². The highest BCUT2D eigenvalue weighted by Gasteiger charge is 2.25. The van der Waals surface area contributed by atoms with Crippen LogP contribution in [0.1, 0.15) is 19.5 Å². The van der Waals surface area contributed by atoms with Crippen LogP contribution in [0.25, 0.3) is 10.6 Å². The average Bonchev–Trinajstić information content (AvgIpc) is 2.97. The lowest BCUT2D eigenvalue weighted by molar-refractivity contribution is -0.128. The molecular weight excluding hydrogens is 306 g/mol. The van der Waals surface area contributed by atoms with Gasteiger partial charge in [-0.1, -0.05) is 0 Å². The molecule has 2 rings (SSSR count). The monoisotopic (exact) mass is 323 g/mol. The predicted octanol–water partition coefficient (Wildman–Crippen LogP) is 3.13. The van der Waals surface area contributed by atoms with Gasteiger partial charge < -0.3 is 5.32 Å². The van der Waals surface area contributed by atoms with Crippen molar-refractivity contribution in [2.24, 2.45) is 5.41 Å². The number of alkyl halides is 1. The van der Waals surface area contributed by atoms with Crippen LogP contribution < -0.4 is 5.32 Å². The number of thiazole rings is 1. The van der Waals surface area contributed by atoms with E-state index >= 15 is 0 Å². The molecule has 0 saturated heterocycles. The topological polar surface area (TPSA) is 54.9 Å². The lowest BCUT2D eigenvalue weighted by Gasteiger charge is -2.20. The maximum atomic E-state index is 11.9. The fourth-order valence-corrected chi connectivity index (χ4v) is 2.61. The van der Waals surface area contributed by atoms with Crippen molar-refractivity contribution >= 4 is 28.8 Å². The van der Waals surface area contributed by atoms with Crippen molar-refractivity contribution in [1.82, 2.24) is 15.3 Å². The zero-order chi connectivity index (χ0) is 15.3. The molecule has 6 heteroatoms. The van der Waals surface area contributed by atoms with Crippen molar-refractivity contribution in [2.45, 2.75) is 20.3 Å². The Labute approximate surface area is 133 Å². The van der Waals surface area contributed by atoms with Crippen LogP contribution in [0.5, 0.6) is 0 Å². The minimum atomic E-state index is -0.537. The molecule has 0 aliphatic heterocycles. The highest BCUT2D eigenvalue weighted by Crippen LogP contribution is 2.22. The van der Waals surface area contributed by atoms with Crippen LogP contribution in [-0.2, 0) is 11.2 Å². The van der Waals surface area contributed by atoms with E-state index in [0.29, 0.717) is 18.8 Å². The number of aromatic nitrogens is 2. The number of carbonyl (C=O) groups is 1. The summed E-state index contributed by atoms with van der Waals surface area (Å²) < 4.78 is 0. The molecule has 0 aliphatic carbocycles. The van der Waals surface area contributed by atoms with Gasteiger partial charge in [0, 0.05) is 42.2 Å². The quantitative estimate of drug-likeness (QED) is 0.831. The Kier molecular flexibility index (Phi) is 5.31. The molecule has 0 unspecified atom stereocenters. The third kappa shape index (κ3) is 4.25. The van der Waals surface area contributed by atoms with Crippen molar-refractivity contribution in [2.75, 3.05) is 12.4 Å². The molecule has 0 radical (unpaired) electrons. The number of nitrogens with zero attached hydrogens (tertiary/aromatic N) is 2. The fourth-order valence-electron chi connectivity index (χ4n) is 1.65. The lowest BCUT2D eigenvalue weighted by atomic mass is 9.95. The molecule has 0 aromatic carbocycles. The second-order valence-corrected chi connectivity index (χ2v) is 6.53. The molecule has 0 spiro atoms. The molecule has 0 saturated carbocycles. The van der Waals surface area contributed by atoms with Crippen LogP contribution in [0.4, 0.5) is 0 Å². The number of hydrogen-bond acceptors (Lipinski definition) is 4. The molecular formula is C15H18ClN3OS. The van der Waals surface area contributed by atoms with E-state index in [0.717, 1.165) is 16.3 Å². The molecule has 21 heavy (non-hydrogen) atoms. The van der Waals surface area contributed by atoms with E-state index in [1.165, 1.54) is 0 Å². The van der Waals surface area contributed by atoms with Gasteiger partial charge in [-0.2, -0.15) is 0 Å². The van der Waals surface area contributed by atoms with E-state index in [1.807, 2.05) is 31.4 Å². The molecule has 4 nitrogen and oxygen atoms in total. The third-order valence-electron chi connectivity index (χ3n) is 3.08. The maximum absolute atomic E-state index is 11.9. The first-order chi connectivity index (χ1) is 10.0. The zero-order valence-electron chi connectivity index (χ0n) is 12.1. The minimum Gasteiger partial charge on any atom is -0.355 e. The van der Waals surface area contributed by atoms with Gasteiger partial charge in [0.25, 0.3) is 0 Å². The molecule has 0 fully saturated rings. The first-order valence-electron chi connectivity index (χ1n) is 6.72. The Balaban J connectivity index is 1.88. The Hall–Kier alpha value is -1.46. The lowest BCUT2D eigenvalue weighted by Crippen LogP contribution is -2.39. The molecule has 0 atom stereocenters. The second kappa shape index (κ2) is 7.00. The van der Waals surface area contributed by atoms with Crippen molar-refractivity contribution in [3.8, 4) is 10.6 Å². The highest BCUT2D eigenvalue weighted by atomic mass is 35.5. The summed E-state index contributed by atoms with van der Waals surface area (Å²) in [6, 6.07) is 3.88. The summed E-state index contributed by atoms with van der Waals surface area (Å²) in [5, 5.41) is 5.86. The van der Waals surface area contributed by atoms with Gasteiger partial charge in [0.2, 0.25) is 5.91 Å². The summed E-state index contributed by atoms with van der Waals surface area (Å²) in [6.07, 6.45) is 4.25. The van der Waals surface area contributed by atoms with E-state index < -0.39 is 5.41 Å². The van der Waals surface area contributed by atoms with Crippen LogP contribution in [0.3, 0.4) is 0 Å². The summed E-state index contributed by atoms with van der Waals surface area (Å²) >= 11 is 7.36. The van der Waals surface area contributed by atoms with Crippen molar-refractivity contribution < 1.29 is 4.79 Å². The van der Waals surface area contributed by atoms with Crippen LogP contribution in [0.2, 0.25) is 0 Å². The third-order valence-corrected chi connectivity index (χ3v) is 4.68. The van der Waals surface area contributed by atoms with E-state index in [1.54, 1.807) is 23.7 Å². The zero-order valence-corrected chi connectivity index (χ0v) is 13.7. The van der Waals surface area contributed by atoms with Crippen LogP contribution in [0, 0.1) is 5.41 Å². The molecule has 1 amide bonds. The molecule has 0 aliphatic rings. The number of hydrogen-bond donors (Lipinski definition) is 1. The average molecular weight is 324 g/mol. The van der Waals surface area contributed by atoms with Crippen LogP contribution in [0.15, 0.2) is 29.9 Å². The Morgan fingerprint density at radius 2 is 2.29 bits per heavy atom. The largest absolute Gasteiger partial charge is 0.355 e. The van der Waals surface area contributed by atoms with Crippen LogP contribution >= 0.6 is 22.9 Å². The number of amides is 1. The molecule has 2 aromatic rings. The first kappa shape index (κ1) is 15.9. The van der Waals surface area contributed by atoms with Gasteiger partial charge in [-0.3, -0.25) is 9.78 Å². The molecule has 1 N–H and O–H groups in total. The van der Waals surface area contributed by atoms with E-state index in [2.05, 4.69) is 15.3 Å². The summed E-state index contributed by atoms with van der Waals surface area (Å²) in [5.74, 6) is 0.279. The summed E-state index contributed by atoms with van der Waals surface area (Å²) in [6.45, 7) is 4.23. The van der Waals surface area contributed by atoms with Crippen molar-refractivity contribution in [1.29, 1.82) is 0 Å². The SMILES string of the molecule is CC(C)(CCl)C(=O)NCCc1csc(-c2cccnc2)n1. The van der Waals surface area contributed by atoms with E-state index in [-0.39, 0.29) is 5.91 Å². The maximum Gasteiger partial charge on any atom is 0.226 e. The molecule has 2 aromatic heterocycles. The van der Waals surface area contributed by atoms with Gasteiger partial charge in [-0.25, -0.2) is 4.98 Å². The van der Waals surface area contributed by atoms with Gasteiger partial charge >= 0.3 is 0 Å². The summed E-state index contributed by atoms with van der Waals surface area (Å²) in [5.41, 5.74) is 1.45. The van der Waals surface area contributed by atoms with Crippen molar-refractivity contribution in [3.05, 3.63) is 35.6 Å². The molecule has 2 heterocycles.